The molecule has 0 unspecified atom stereocenters. The predicted octanol–water partition coefficient (Wildman–Crippen LogP) is 1.45. The summed E-state index contributed by atoms with van der Waals surface area (Å²) in [5.41, 5.74) is -0.966. The quantitative estimate of drug-likeness (QED) is 0.651. The van der Waals surface area contributed by atoms with Gasteiger partial charge in [-0.2, -0.15) is 0 Å². The fourth-order valence-electron chi connectivity index (χ4n) is 1.61. The number of aliphatic hydroxyl groups is 1. The highest BCUT2D eigenvalue weighted by Crippen LogP contribution is 2.32. The van der Waals surface area contributed by atoms with Gasteiger partial charge in [0.2, 0.25) is 5.75 Å². The fraction of sp³-hybridized carbons (Fsp3) is 0.462. The average Bonchev–Trinajstić information content (AvgIpc) is 2.44. The van der Waals surface area contributed by atoms with Crippen LogP contribution in [0.5, 0.6) is 5.75 Å². The first-order chi connectivity index (χ1) is 9.26. The predicted molar refractivity (Wildman–Crippen MR) is 72.9 cm³/mol. The number of methoxy groups -OCH3 is 1. The van der Waals surface area contributed by atoms with Crippen LogP contribution in [0.15, 0.2) is 18.2 Å². The van der Waals surface area contributed by atoms with Crippen molar-refractivity contribution in [2.24, 2.45) is 0 Å². The van der Waals surface area contributed by atoms with E-state index in [0.29, 0.717) is 0 Å². The summed E-state index contributed by atoms with van der Waals surface area (Å²) in [6.07, 6.45) is 0. The van der Waals surface area contributed by atoms with Gasteiger partial charge in [0.15, 0.2) is 0 Å². The lowest BCUT2D eigenvalue weighted by molar-refractivity contribution is -0.385. The number of aliphatic hydroxyl groups excluding tert-OH is 1. The Kier molecular flexibility index (Phi) is 4.67. The number of nitrogens with zero attached hydrogens (tertiary/aromatic N) is 2. The molecule has 20 heavy (non-hydrogen) atoms. The summed E-state index contributed by atoms with van der Waals surface area (Å²) in [4.78, 5) is 24.1. The van der Waals surface area contributed by atoms with E-state index in [2.05, 4.69) is 0 Å². The van der Waals surface area contributed by atoms with Gasteiger partial charge in [-0.1, -0.05) is 6.07 Å². The van der Waals surface area contributed by atoms with Crippen LogP contribution in [0.4, 0.5) is 5.69 Å². The van der Waals surface area contributed by atoms with Crippen LogP contribution in [0.25, 0.3) is 0 Å². The molecule has 0 aliphatic rings. The second-order valence-electron chi connectivity index (χ2n) is 4.95. The molecule has 0 heterocycles. The Hall–Kier alpha value is -2.15. The number of benzene rings is 1. The van der Waals surface area contributed by atoms with Crippen molar-refractivity contribution in [2.75, 3.05) is 20.8 Å². The number of amides is 1. The summed E-state index contributed by atoms with van der Waals surface area (Å²) in [7, 11) is 2.80. The van der Waals surface area contributed by atoms with Crippen molar-refractivity contribution in [3.05, 3.63) is 33.9 Å². The third-order valence-corrected chi connectivity index (χ3v) is 3.23. The minimum atomic E-state index is -0.785. The van der Waals surface area contributed by atoms with Gasteiger partial charge in [0, 0.05) is 13.1 Å². The van der Waals surface area contributed by atoms with E-state index < -0.39 is 16.4 Å². The molecule has 110 valence electrons. The molecule has 0 aromatic heterocycles. The molecule has 1 amide bonds. The van der Waals surface area contributed by atoms with Crippen LogP contribution in [0.1, 0.15) is 24.2 Å². The number of hydrogen-bond acceptors (Lipinski definition) is 5. The number of carbonyl (C=O) groups is 1. The minimum Gasteiger partial charge on any atom is -0.490 e. The number of likely N-dealkylation sites (N-methyl/N-ethyl adjacent to an activating group) is 1. The topological polar surface area (TPSA) is 92.9 Å². The maximum absolute atomic E-state index is 12.4. The van der Waals surface area contributed by atoms with E-state index in [1.54, 1.807) is 13.8 Å². The number of ether oxygens (including phenoxy) is 1. The molecule has 0 saturated carbocycles. The van der Waals surface area contributed by atoms with Crippen molar-refractivity contribution in [1.29, 1.82) is 0 Å². The van der Waals surface area contributed by atoms with Crippen molar-refractivity contribution < 1.29 is 19.6 Å². The highest BCUT2D eigenvalue weighted by molar-refractivity contribution is 5.98. The van der Waals surface area contributed by atoms with Gasteiger partial charge in [-0.25, -0.2) is 0 Å². The molecule has 0 bridgehead atoms. The highest BCUT2D eigenvalue weighted by atomic mass is 16.6. The van der Waals surface area contributed by atoms with E-state index in [9.17, 15) is 20.0 Å². The summed E-state index contributed by atoms with van der Waals surface area (Å²) >= 11 is 0. The molecule has 0 atom stereocenters. The zero-order valence-corrected chi connectivity index (χ0v) is 11.9. The van der Waals surface area contributed by atoms with E-state index >= 15 is 0 Å². The number of carbonyl (C=O) groups excluding carboxylic acids is 1. The SMILES string of the molecule is COc1c(C(=O)N(C)C(C)(C)CO)cccc1[N+](=O)[O-]. The standard InChI is InChI=1S/C13H18N2O5/c1-13(2,8-16)14(3)12(17)9-6-5-7-10(15(18)19)11(9)20-4/h5-7,16H,8H2,1-4H3. The number of rotatable bonds is 5. The van der Waals surface area contributed by atoms with Crippen molar-refractivity contribution in [3.63, 3.8) is 0 Å². The molecule has 7 heteroatoms. The number of hydrogen-bond donors (Lipinski definition) is 1. The second kappa shape index (κ2) is 5.87. The Morgan fingerprint density at radius 2 is 2.10 bits per heavy atom. The number of para-hydroxylation sites is 1. The largest absolute Gasteiger partial charge is 0.490 e. The molecule has 1 aromatic carbocycles. The van der Waals surface area contributed by atoms with Crippen LogP contribution in [-0.4, -0.2) is 47.1 Å². The van der Waals surface area contributed by atoms with Crippen molar-refractivity contribution in [1.82, 2.24) is 4.90 Å². The van der Waals surface area contributed by atoms with Gasteiger partial charge in [0.25, 0.3) is 5.91 Å². The molecule has 1 N–H and O–H groups in total. The summed E-state index contributed by atoms with van der Waals surface area (Å²) in [5, 5.41) is 20.2. The van der Waals surface area contributed by atoms with Crippen molar-refractivity contribution in [2.45, 2.75) is 19.4 Å². The Morgan fingerprint density at radius 3 is 2.55 bits per heavy atom. The van der Waals surface area contributed by atoms with Gasteiger partial charge in [0.05, 0.1) is 29.7 Å². The fourth-order valence-corrected chi connectivity index (χ4v) is 1.61. The summed E-state index contributed by atoms with van der Waals surface area (Å²) < 4.78 is 5.00. The smallest absolute Gasteiger partial charge is 0.311 e. The first-order valence-electron chi connectivity index (χ1n) is 5.96. The third kappa shape index (κ3) is 2.88. The first kappa shape index (κ1) is 15.9. The van der Waals surface area contributed by atoms with Crippen LogP contribution in [0.3, 0.4) is 0 Å². The Balaban J connectivity index is 3.30. The van der Waals surface area contributed by atoms with Crippen molar-refractivity contribution in [3.8, 4) is 5.75 Å². The van der Waals surface area contributed by atoms with Gasteiger partial charge in [0.1, 0.15) is 0 Å². The number of nitro groups is 1. The van der Waals surface area contributed by atoms with E-state index in [1.165, 1.54) is 37.3 Å². The van der Waals surface area contributed by atoms with Gasteiger partial charge in [-0.3, -0.25) is 14.9 Å². The minimum absolute atomic E-state index is 0.0805. The van der Waals surface area contributed by atoms with Crippen LogP contribution >= 0.6 is 0 Å². The average molecular weight is 282 g/mol. The second-order valence-corrected chi connectivity index (χ2v) is 4.95. The molecule has 0 radical (unpaired) electrons. The molecule has 0 spiro atoms. The Morgan fingerprint density at radius 1 is 1.50 bits per heavy atom. The molecule has 1 rings (SSSR count). The zero-order valence-electron chi connectivity index (χ0n) is 11.9. The van der Waals surface area contributed by atoms with Crippen LogP contribution < -0.4 is 4.74 Å². The lowest BCUT2D eigenvalue weighted by Crippen LogP contribution is -2.47. The maximum Gasteiger partial charge on any atom is 0.311 e. The molecule has 1 aromatic rings. The highest BCUT2D eigenvalue weighted by Gasteiger charge is 2.31. The summed E-state index contributed by atoms with van der Waals surface area (Å²) in [6.45, 7) is 3.15. The normalized spacial score (nSPS) is 11.1. The number of nitro benzene ring substituents is 1. The molecule has 0 aliphatic heterocycles. The molecule has 0 aliphatic carbocycles. The van der Waals surface area contributed by atoms with Crippen LogP contribution in [0.2, 0.25) is 0 Å². The van der Waals surface area contributed by atoms with E-state index in [1.807, 2.05) is 0 Å². The monoisotopic (exact) mass is 282 g/mol. The maximum atomic E-state index is 12.4. The van der Waals surface area contributed by atoms with Gasteiger partial charge in [-0.05, 0) is 19.9 Å². The molecular formula is C13H18N2O5. The van der Waals surface area contributed by atoms with E-state index in [4.69, 9.17) is 4.74 Å². The van der Waals surface area contributed by atoms with Gasteiger partial charge in [-0.15, -0.1) is 0 Å². The van der Waals surface area contributed by atoms with Crippen LogP contribution in [0, 0.1) is 10.1 Å². The lowest BCUT2D eigenvalue weighted by Gasteiger charge is -2.34. The third-order valence-electron chi connectivity index (χ3n) is 3.23. The van der Waals surface area contributed by atoms with Gasteiger partial charge >= 0.3 is 5.69 Å². The lowest BCUT2D eigenvalue weighted by atomic mass is 10.0. The van der Waals surface area contributed by atoms with Crippen LogP contribution in [-0.2, 0) is 0 Å². The van der Waals surface area contributed by atoms with E-state index in [0.717, 1.165) is 0 Å². The molecule has 7 nitrogen and oxygen atoms in total. The summed E-state index contributed by atoms with van der Waals surface area (Å²) in [5.74, 6) is -0.535. The first-order valence-corrected chi connectivity index (χ1v) is 5.96. The molecular weight excluding hydrogens is 264 g/mol. The molecule has 0 fully saturated rings. The van der Waals surface area contributed by atoms with Crippen molar-refractivity contribution >= 4 is 11.6 Å². The van der Waals surface area contributed by atoms with E-state index in [-0.39, 0.29) is 23.6 Å². The zero-order chi connectivity index (χ0) is 15.5. The van der Waals surface area contributed by atoms with Gasteiger partial charge < -0.3 is 14.7 Å². The Bertz CT molecular complexity index is 527. The Labute approximate surface area is 116 Å². The molecule has 0 saturated heterocycles. The summed E-state index contributed by atoms with van der Waals surface area (Å²) in [6, 6.07) is 4.15.